The summed E-state index contributed by atoms with van der Waals surface area (Å²) in [5.74, 6) is -13.3. The molecule has 0 saturated heterocycles. The molecule has 3 rings (SSSR count). The van der Waals surface area contributed by atoms with Crippen LogP contribution in [-0.2, 0) is 19.1 Å². The molecule has 4 nitrogen and oxygen atoms in total. The minimum atomic E-state index is -4.55. The van der Waals surface area contributed by atoms with Crippen LogP contribution in [0.1, 0.15) is 0 Å². The Morgan fingerprint density at radius 1 is 0.889 bits per heavy atom. The van der Waals surface area contributed by atoms with Gasteiger partial charge in [-0.25, -0.2) is 22.0 Å². The quantitative estimate of drug-likeness (QED) is 0.555. The summed E-state index contributed by atoms with van der Waals surface area (Å²) >= 11 is 0. The number of halogens is 5. The number of ether oxygens (including phenoxy) is 2. The zero-order valence-electron chi connectivity index (χ0n) is 9.10. The fourth-order valence-electron chi connectivity index (χ4n) is 2.80. The molecule has 0 radical (unpaired) electrons. The Kier molecular flexibility index (Phi) is 2.13. The van der Waals surface area contributed by atoms with Gasteiger partial charge in [-0.1, -0.05) is 0 Å². The van der Waals surface area contributed by atoms with Gasteiger partial charge >= 0.3 is 11.9 Å². The molecular weight excluding hydrogens is 267 g/mol. The molecule has 0 aromatic heterocycles. The van der Waals surface area contributed by atoms with Gasteiger partial charge in [0.25, 0.3) is 11.8 Å². The Morgan fingerprint density at radius 2 is 1.17 bits per heavy atom. The molecule has 9 heteroatoms. The molecule has 102 valence electrons. The summed E-state index contributed by atoms with van der Waals surface area (Å²) in [5.41, 5.74) is -7.86. The zero-order chi connectivity index (χ0) is 14.1. The normalized spacial score (nSPS) is 42.3. The van der Waals surface area contributed by atoms with Crippen LogP contribution in [0.15, 0.2) is 0 Å². The number of esters is 2. The Bertz CT molecular complexity index is 394. The van der Waals surface area contributed by atoms with Crippen LogP contribution < -0.4 is 0 Å². The summed E-state index contributed by atoms with van der Waals surface area (Å²) in [7, 11) is 1.15. The summed E-state index contributed by atoms with van der Waals surface area (Å²) in [6.45, 7) is 0. The fraction of sp³-hybridized carbons (Fsp3) is 0.778. The summed E-state index contributed by atoms with van der Waals surface area (Å²) in [6.07, 6.45) is -3.05. The molecule has 2 bridgehead atoms. The van der Waals surface area contributed by atoms with Crippen LogP contribution in [0.25, 0.3) is 0 Å². The predicted molar refractivity (Wildman–Crippen MR) is 43.7 cm³/mol. The van der Waals surface area contributed by atoms with Crippen molar-refractivity contribution in [3.05, 3.63) is 0 Å². The second-order valence-corrected chi connectivity index (χ2v) is 4.11. The highest BCUT2D eigenvalue weighted by molar-refractivity contribution is 5.99. The highest BCUT2D eigenvalue weighted by Crippen LogP contribution is 2.89. The number of methoxy groups -OCH3 is 2. The second-order valence-electron chi connectivity index (χ2n) is 4.11. The molecule has 3 aliphatic carbocycles. The van der Waals surface area contributed by atoms with Crippen molar-refractivity contribution < 1.29 is 41.0 Å². The Labute approximate surface area is 97.0 Å². The minimum Gasteiger partial charge on any atom is -0.468 e. The first-order chi connectivity index (χ1) is 8.12. The van der Waals surface area contributed by atoms with Crippen molar-refractivity contribution in [1.29, 1.82) is 0 Å². The zero-order valence-corrected chi connectivity index (χ0v) is 9.10. The summed E-state index contributed by atoms with van der Waals surface area (Å²) in [5, 5.41) is 0. The summed E-state index contributed by atoms with van der Waals surface area (Å²) in [4.78, 5) is 22.1. The predicted octanol–water partition coefficient (Wildman–Crippen LogP) is 0.941. The number of carbonyl (C=O) groups excluding carboxylic acids is 2. The molecule has 0 heterocycles. The Hall–Kier alpha value is -1.41. The van der Waals surface area contributed by atoms with Gasteiger partial charge in [0.2, 0.25) is 10.8 Å². The first kappa shape index (κ1) is 13.0. The lowest BCUT2D eigenvalue weighted by molar-refractivity contribution is -0.531. The lowest BCUT2D eigenvalue weighted by Crippen LogP contribution is -3.03. The fourth-order valence-corrected chi connectivity index (χ4v) is 2.80. The van der Waals surface area contributed by atoms with E-state index in [1.54, 1.807) is 0 Å². The third-order valence-electron chi connectivity index (χ3n) is 3.76. The first-order valence-corrected chi connectivity index (χ1v) is 4.68. The van der Waals surface area contributed by atoms with E-state index in [0.717, 1.165) is 0 Å². The van der Waals surface area contributed by atoms with Gasteiger partial charge in [-0.2, -0.15) is 0 Å². The molecule has 18 heavy (non-hydrogen) atoms. The van der Waals surface area contributed by atoms with E-state index in [1.165, 1.54) is 0 Å². The van der Waals surface area contributed by atoms with Crippen LogP contribution >= 0.6 is 0 Å². The van der Waals surface area contributed by atoms with Gasteiger partial charge in [-0.15, -0.1) is 0 Å². The van der Waals surface area contributed by atoms with Crippen LogP contribution in [0.5, 0.6) is 0 Å². The maximum absolute atomic E-state index is 13.6. The van der Waals surface area contributed by atoms with Crippen LogP contribution in [0.4, 0.5) is 22.0 Å². The van der Waals surface area contributed by atoms with Gasteiger partial charge in [0.15, 0.2) is 6.17 Å². The number of carbonyl (C=O) groups is 2. The molecule has 0 spiro atoms. The van der Waals surface area contributed by atoms with Crippen LogP contribution in [0.3, 0.4) is 0 Å². The third-order valence-corrected chi connectivity index (χ3v) is 3.76. The van der Waals surface area contributed by atoms with Gasteiger partial charge in [0.1, 0.15) is 0 Å². The van der Waals surface area contributed by atoms with Crippen molar-refractivity contribution in [3.8, 4) is 0 Å². The largest absolute Gasteiger partial charge is 0.468 e. The topological polar surface area (TPSA) is 52.6 Å². The molecule has 3 fully saturated rings. The van der Waals surface area contributed by atoms with E-state index in [1.807, 2.05) is 0 Å². The van der Waals surface area contributed by atoms with Gasteiger partial charge in [-0.05, 0) is 0 Å². The molecule has 0 amide bonds. The van der Waals surface area contributed by atoms with Crippen molar-refractivity contribution in [2.24, 2.45) is 10.8 Å². The van der Waals surface area contributed by atoms with E-state index >= 15 is 0 Å². The smallest absolute Gasteiger partial charge is 0.327 e. The molecule has 0 aliphatic heterocycles. The van der Waals surface area contributed by atoms with Crippen LogP contribution in [0.2, 0.25) is 0 Å². The maximum atomic E-state index is 13.6. The molecular formula is C9H7F5O4. The number of alkyl halides is 5. The van der Waals surface area contributed by atoms with Crippen LogP contribution in [0, 0.1) is 10.8 Å². The molecule has 0 unspecified atom stereocenters. The Balaban J connectivity index is 2.59. The highest BCUT2D eigenvalue weighted by atomic mass is 19.3. The number of rotatable bonds is 2. The number of hydrogen-bond acceptors (Lipinski definition) is 4. The summed E-state index contributed by atoms with van der Waals surface area (Å²) in [6, 6.07) is 0. The third kappa shape index (κ3) is 0.688. The highest BCUT2D eigenvalue weighted by Gasteiger charge is 3.16. The molecule has 0 atom stereocenters. The Morgan fingerprint density at radius 3 is 1.33 bits per heavy atom. The van der Waals surface area contributed by atoms with Crippen LogP contribution in [-0.4, -0.2) is 44.2 Å². The molecule has 0 aromatic rings. The van der Waals surface area contributed by atoms with E-state index in [9.17, 15) is 31.5 Å². The molecule has 3 saturated carbocycles. The molecule has 0 N–H and O–H groups in total. The van der Waals surface area contributed by atoms with Crippen molar-refractivity contribution in [2.75, 3.05) is 14.2 Å². The first-order valence-electron chi connectivity index (χ1n) is 4.68. The average Bonchev–Trinajstić information content (AvgIpc) is 2.27. The van der Waals surface area contributed by atoms with Gasteiger partial charge in [0, 0.05) is 0 Å². The second kappa shape index (κ2) is 2.94. The molecule has 0 aromatic carbocycles. The van der Waals surface area contributed by atoms with E-state index in [-0.39, 0.29) is 0 Å². The van der Waals surface area contributed by atoms with Gasteiger partial charge in [0.05, 0.1) is 14.2 Å². The number of hydrogen-bond donors (Lipinski definition) is 0. The van der Waals surface area contributed by atoms with Gasteiger partial charge in [-0.3, -0.25) is 9.59 Å². The van der Waals surface area contributed by atoms with Crippen molar-refractivity contribution in [3.63, 3.8) is 0 Å². The minimum absolute atomic E-state index is 0.576. The monoisotopic (exact) mass is 274 g/mol. The SMILES string of the molecule is COC(=O)C12C(F)C(C(=O)OC)(C1(F)F)C2(F)F. The lowest BCUT2D eigenvalue weighted by atomic mass is 9.28. The van der Waals surface area contributed by atoms with E-state index < -0.39 is 40.8 Å². The molecule has 3 aliphatic rings. The van der Waals surface area contributed by atoms with E-state index in [2.05, 4.69) is 9.47 Å². The van der Waals surface area contributed by atoms with Crippen molar-refractivity contribution in [1.82, 2.24) is 0 Å². The summed E-state index contributed by atoms with van der Waals surface area (Å²) < 4.78 is 75.5. The van der Waals surface area contributed by atoms with Crippen molar-refractivity contribution >= 4 is 11.9 Å². The standard InChI is InChI=1S/C9H7F5O4/c1-17-4(15)6-3(10)7(5(16)18-2,8(6,11)12)9(6,13)14/h3H,1-2H3. The lowest BCUT2D eigenvalue weighted by Gasteiger charge is -2.75. The van der Waals surface area contributed by atoms with E-state index in [4.69, 9.17) is 0 Å². The maximum Gasteiger partial charge on any atom is 0.327 e. The van der Waals surface area contributed by atoms with Crippen molar-refractivity contribution in [2.45, 2.75) is 18.0 Å². The average molecular weight is 274 g/mol. The van der Waals surface area contributed by atoms with E-state index in [0.29, 0.717) is 14.2 Å². The van der Waals surface area contributed by atoms with Gasteiger partial charge < -0.3 is 9.47 Å².